The molecular weight excluding hydrogens is 685 g/mol. The molecule has 8 aromatic carbocycles. The van der Waals surface area contributed by atoms with E-state index in [1.807, 2.05) is 42.5 Å². The van der Waals surface area contributed by atoms with E-state index in [0.29, 0.717) is 23.4 Å². The number of hydrogen-bond acceptors (Lipinski definition) is 5. The van der Waals surface area contributed by atoms with Crippen LogP contribution in [0.5, 0.6) is 0 Å². The van der Waals surface area contributed by atoms with Gasteiger partial charge >= 0.3 is 0 Å². The quantitative estimate of drug-likeness (QED) is 0.166. The molecule has 56 heavy (non-hydrogen) atoms. The molecule has 0 spiro atoms. The minimum atomic E-state index is -0.153. The number of fused-ring (bicyclic) bond motifs is 8. The lowest BCUT2D eigenvalue weighted by molar-refractivity contribution is 0.623. The maximum atomic E-state index is 6.54. The van der Waals surface area contributed by atoms with Gasteiger partial charge in [0.05, 0.1) is 0 Å². The van der Waals surface area contributed by atoms with E-state index in [1.165, 1.54) is 22.3 Å². The molecule has 0 radical (unpaired) electrons. The fourth-order valence-corrected chi connectivity index (χ4v) is 8.41. The Morgan fingerprint density at radius 3 is 1.71 bits per heavy atom. The zero-order valence-corrected chi connectivity index (χ0v) is 30.9. The maximum absolute atomic E-state index is 6.54. The van der Waals surface area contributed by atoms with E-state index in [2.05, 4.69) is 141 Å². The highest BCUT2D eigenvalue weighted by Crippen LogP contribution is 2.49. The van der Waals surface area contributed by atoms with Crippen LogP contribution in [0.15, 0.2) is 174 Å². The van der Waals surface area contributed by atoms with Gasteiger partial charge in [-0.15, -0.1) is 0 Å². The van der Waals surface area contributed by atoms with Gasteiger partial charge in [-0.1, -0.05) is 153 Å². The van der Waals surface area contributed by atoms with Crippen molar-refractivity contribution < 1.29 is 4.42 Å². The third kappa shape index (κ3) is 5.16. The molecule has 2 aromatic heterocycles. The molecule has 1 aliphatic rings. The number of aromatic nitrogens is 4. The van der Waals surface area contributed by atoms with Crippen LogP contribution in [0.25, 0.3) is 101 Å². The minimum Gasteiger partial charge on any atom is -0.435 e. The summed E-state index contributed by atoms with van der Waals surface area (Å²) in [6, 6.07) is 59.2. The number of rotatable bonds is 5. The first-order valence-electron chi connectivity index (χ1n) is 19.0. The number of oxazole rings is 1. The molecule has 2 heterocycles. The third-order valence-corrected chi connectivity index (χ3v) is 11.4. The van der Waals surface area contributed by atoms with Gasteiger partial charge in [-0.05, 0) is 79.9 Å². The fraction of sp³-hybridized carbons (Fsp3) is 0.0588. The normalized spacial score (nSPS) is 13.0. The summed E-state index contributed by atoms with van der Waals surface area (Å²) < 4.78 is 6.54. The largest absolute Gasteiger partial charge is 0.435 e. The summed E-state index contributed by atoms with van der Waals surface area (Å²) in [4.78, 5) is 20.4. The molecule has 0 unspecified atom stereocenters. The fourth-order valence-electron chi connectivity index (χ4n) is 8.41. The molecule has 264 valence electrons. The van der Waals surface area contributed by atoms with Crippen molar-refractivity contribution in [2.45, 2.75) is 19.3 Å². The van der Waals surface area contributed by atoms with Crippen LogP contribution in [0, 0.1) is 0 Å². The van der Waals surface area contributed by atoms with Crippen LogP contribution in [0.2, 0.25) is 0 Å². The van der Waals surface area contributed by atoms with Crippen molar-refractivity contribution in [3.8, 4) is 67.9 Å². The molecule has 5 heteroatoms. The third-order valence-electron chi connectivity index (χ3n) is 11.4. The molecule has 11 rings (SSSR count). The average Bonchev–Trinajstić information content (AvgIpc) is 3.80. The van der Waals surface area contributed by atoms with Gasteiger partial charge in [-0.2, -0.15) is 0 Å². The lowest BCUT2D eigenvalue weighted by atomic mass is 9.82. The minimum absolute atomic E-state index is 0.153. The number of hydrogen-bond donors (Lipinski definition) is 0. The molecule has 0 saturated carbocycles. The van der Waals surface area contributed by atoms with Crippen molar-refractivity contribution in [3.63, 3.8) is 0 Å². The van der Waals surface area contributed by atoms with Crippen LogP contribution in [0.3, 0.4) is 0 Å². The van der Waals surface area contributed by atoms with Gasteiger partial charge < -0.3 is 4.42 Å². The van der Waals surface area contributed by atoms with E-state index in [0.717, 1.165) is 66.0 Å². The molecule has 0 N–H and O–H groups in total. The predicted molar refractivity (Wildman–Crippen MR) is 227 cm³/mol. The van der Waals surface area contributed by atoms with Crippen molar-refractivity contribution in [1.82, 2.24) is 19.9 Å². The van der Waals surface area contributed by atoms with Crippen LogP contribution < -0.4 is 0 Å². The molecule has 0 fully saturated rings. The molecule has 0 bridgehead atoms. The highest BCUT2D eigenvalue weighted by molar-refractivity contribution is 6.18. The van der Waals surface area contributed by atoms with Gasteiger partial charge in [-0.25, -0.2) is 19.9 Å². The van der Waals surface area contributed by atoms with E-state index >= 15 is 0 Å². The van der Waals surface area contributed by atoms with Gasteiger partial charge in [0.25, 0.3) is 0 Å². The average molecular weight is 719 g/mol. The Morgan fingerprint density at radius 2 is 0.946 bits per heavy atom. The summed E-state index contributed by atoms with van der Waals surface area (Å²) in [7, 11) is 0. The van der Waals surface area contributed by atoms with E-state index < -0.39 is 0 Å². The Labute approximate surface area is 324 Å². The second-order valence-electron chi connectivity index (χ2n) is 15.1. The van der Waals surface area contributed by atoms with E-state index in [4.69, 9.17) is 24.4 Å². The van der Waals surface area contributed by atoms with Crippen LogP contribution in [-0.2, 0) is 5.41 Å². The Hall–Kier alpha value is -7.24. The summed E-state index contributed by atoms with van der Waals surface area (Å²) in [6.45, 7) is 4.60. The second-order valence-corrected chi connectivity index (χ2v) is 15.1. The van der Waals surface area contributed by atoms with Gasteiger partial charge in [0, 0.05) is 33.1 Å². The van der Waals surface area contributed by atoms with Crippen molar-refractivity contribution in [2.24, 2.45) is 0 Å². The van der Waals surface area contributed by atoms with Gasteiger partial charge in [0.2, 0.25) is 5.89 Å². The van der Waals surface area contributed by atoms with Gasteiger partial charge in [0.15, 0.2) is 23.1 Å². The van der Waals surface area contributed by atoms with Gasteiger partial charge in [-0.3, -0.25) is 0 Å². The highest BCUT2D eigenvalue weighted by atomic mass is 16.3. The molecule has 10 aromatic rings. The van der Waals surface area contributed by atoms with Crippen molar-refractivity contribution in [3.05, 3.63) is 181 Å². The first kappa shape index (κ1) is 32.2. The second kappa shape index (κ2) is 12.4. The SMILES string of the molecule is CC1(C)c2ccccc2-c2ccc(-c3nc(-c4ccc(-c5ccccc5)cc4)nc(-c4ccc5ccc6ccc7nc(-c8ccccc8)oc7c6c5c4)n3)cc21. The molecule has 1 aliphatic carbocycles. The molecular formula is C51H34N4O. The topological polar surface area (TPSA) is 64.7 Å². The Balaban J connectivity index is 1.09. The molecule has 0 amide bonds. The highest BCUT2D eigenvalue weighted by Gasteiger charge is 2.35. The Bertz CT molecular complexity index is 3150. The molecule has 0 atom stereocenters. The summed E-state index contributed by atoms with van der Waals surface area (Å²) in [6.07, 6.45) is 0. The number of nitrogens with zero attached hydrogens (tertiary/aromatic N) is 4. The monoisotopic (exact) mass is 718 g/mol. The first-order chi connectivity index (χ1) is 27.5. The van der Waals surface area contributed by atoms with Gasteiger partial charge in [0.1, 0.15) is 5.52 Å². The van der Waals surface area contributed by atoms with Crippen molar-refractivity contribution in [2.75, 3.05) is 0 Å². The number of benzene rings is 8. The van der Waals surface area contributed by atoms with E-state index in [1.54, 1.807) is 0 Å². The molecule has 0 saturated heterocycles. The summed E-state index contributed by atoms with van der Waals surface area (Å²) >= 11 is 0. The Morgan fingerprint density at radius 1 is 0.411 bits per heavy atom. The van der Waals surface area contributed by atoms with Crippen molar-refractivity contribution >= 4 is 32.6 Å². The standard InChI is InChI=1S/C51H34N4O/c1-51(2)42-16-10-9-15-39(42)40-27-25-38(30-43(40)51)49-54-47(35-22-17-32(18-23-35)31-11-5-3-6-12-31)53-48(55-49)37-24-20-33-19-21-34-26-28-44-46(45(34)41(33)29-37)56-50(52-44)36-13-7-4-8-14-36/h3-30H,1-2H3. The van der Waals surface area contributed by atoms with E-state index in [9.17, 15) is 0 Å². The van der Waals surface area contributed by atoms with Crippen LogP contribution >= 0.6 is 0 Å². The van der Waals surface area contributed by atoms with Crippen molar-refractivity contribution in [1.29, 1.82) is 0 Å². The zero-order valence-electron chi connectivity index (χ0n) is 30.9. The first-order valence-corrected chi connectivity index (χ1v) is 19.0. The predicted octanol–water partition coefficient (Wildman–Crippen LogP) is 13.0. The maximum Gasteiger partial charge on any atom is 0.227 e. The van der Waals surface area contributed by atoms with Crippen LogP contribution in [0.4, 0.5) is 0 Å². The summed E-state index contributed by atoms with van der Waals surface area (Å²) in [5, 5.41) is 4.24. The summed E-state index contributed by atoms with van der Waals surface area (Å²) in [5.41, 5.74) is 12.6. The smallest absolute Gasteiger partial charge is 0.227 e. The lowest BCUT2D eigenvalue weighted by Gasteiger charge is -2.21. The molecule has 5 nitrogen and oxygen atoms in total. The Kier molecular flexibility index (Phi) is 7.13. The zero-order chi connectivity index (χ0) is 37.4. The van der Waals surface area contributed by atoms with E-state index in [-0.39, 0.29) is 5.41 Å². The molecule has 0 aliphatic heterocycles. The lowest BCUT2D eigenvalue weighted by Crippen LogP contribution is -2.15. The summed E-state index contributed by atoms with van der Waals surface area (Å²) in [5.74, 6) is 2.46. The van der Waals surface area contributed by atoms with Crippen LogP contribution in [-0.4, -0.2) is 19.9 Å². The van der Waals surface area contributed by atoms with Crippen LogP contribution in [0.1, 0.15) is 25.0 Å².